The van der Waals surface area contributed by atoms with Gasteiger partial charge in [-0.1, -0.05) is 12.1 Å². The summed E-state index contributed by atoms with van der Waals surface area (Å²) in [6.45, 7) is 2.49. The average Bonchev–Trinajstić information content (AvgIpc) is 3.28. The molecule has 4 rings (SSSR count). The molecule has 11 heteroatoms. The van der Waals surface area contributed by atoms with Gasteiger partial charge in [-0.25, -0.2) is 9.82 Å². The standard InChI is InChI=1S/C25H19FIN3O6/c1-2-34-22-10-16(9-20(27)24(22)35-14-15-3-5-18(26)6-4-15)13-28-29-25(31)23-12-17-11-19(30(32)33)7-8-21(17)36-23/h3-13H,2,14H2,1H3,(H,29,31)/b28-13+. The fraction of sp³-hybridized carbons (Fsp3) is 0.120. The quantitative estimate of drug-likeness (QED) is 0.112. The van der Waals surface area contributed by atoms with E-state index in [0.717, 1.165) is 9.13 Å². The number of carbonyl (C=O) groups is 1. The zero-order valence-electron chi connectivity index (χ0n) is 18.9. The van der Waals surface area contributed by atoms with Crippen LogP contribution in [-0.2, 0) is 6.61 Å². The minimum atomic E-state index is -0.607. The van der Waals surface area contributed by atoms with Gasteiger partial charge in [0.25, 0.3) is 5.69 Å². The Balaban J connectivity index is 1.46. The van der Waals surface area contributed by atoms with Gasteiger partial charge in [0, 0.05) is 17.5 Å². The van der Waals surface area contributed by atoms with E-state index in [4.69, 9.17) is 13.9 Å². The molecule has 36 heavy (non-hydrogen) atoms. The highest BCUT2D eigenvalue weighted by molar-refractivity contribution is 14.1. The van der Waals surface area contributed by atoms with E-state index in [0.29, 0.717) is 34.6 Å². The lowest BCUT2D eigenvalue weighted by atomic mass is 10.2. The zero-order chi connectivity index (χ0) is 25.7. The van der Waals surface area contributed by atoms with E-state index in [1.54, 1.807) is 24.3 Å². The Kier molecular flexibility index (Phi) is 7.78. The molecule has 0 unspecified atom stereocenters. The van der Waals surface area contributed by atoms with Crippen molar-refractivity contribution in [2.75, 3.05) is 6.61 Å². The second-order valence-electron chi connectivity index (χ2n) is 7.47. The van der Waals surface area contributed by atoms with Gasteiger partial charge in [0.05, 0.1) is 21.3 Å². The van der Waals surface area contributed by atoms with E-state index in [2.05, 4.69) is 33.1 Å². The molecule has 0 aliphatic heterocycles. The van der Waals surface area contributed by atoms with Crippen LogP contribution in [0.25, 0.3) is 11.0 Å². The van der Waals surface area contributed by atoms with Crippen LogP contribution in [0.15, 0.2) is 70.2 Å². The first-order valence-electron chi connectivity index (χ1n) is 10.7. The maximum Gasteiger partial charge on any atom is 0.307 e. The molecule has 0 radical (unpaired) electrons. The van der Waals surface area contributed by atoms with Crippen LogP contribution >= 0.6 is 22.6 Å². The molecule has 3 aromatic carbocycles. The summed E-state index contributed by atoms with van der Waals surface area (Å²) in [6.07, 6.45) is 1.44. The van der Waals surface area contributed by atoms with Crippen LogP contribution in [0.3, 0.4) is 0 Å². The van der Waals surface area contributed by atoms with E-state index in [-0.39, 0.29) is 23.9 Å². The first-order chi connectivity index (χ1) is 17.3. The van der Waals surface area contributed by atoms with Gasteiger partial charge in [0.1, 0.15) is 18.0 Å². The highest BCUT2D eigenvalue weighted by Gasteiger charge is 2.15. The lowest BCUT2D eigenvalue weighted by Crippen LogP contribution is -2.16. The highest BCUT2D eigenvalue weighted by atomic mass is 127. The van der Waals surface area contributed by atoms with Gasteiger partial charge in [0.15, 0.2) is 17.3 Å². The number of fused-ring (bicyclic) bond motifs is 1. The minimum Gasteiger partial charge on any atom is -0.490 e. The fourth-order valence-electron chi connectivity index (χ4n) is 3.28. The highest BCUT2D eigenvalue weighted by Crippen LogP contribution is 2.34. The van der Waals surface area contributed by atoms with Gasteiger partial charge in [0.2, 0.25) is 0 Å². The predicted molar refractivity (Wildman–Crippen MR) is 139 cm³/mol. The van der Waals surface area contributed by atoms with E-state index in [1.165, 1.54) is 42.6 Å². The lowest BCUT2D eigenvalue weighted by Gasteiger charge is -2.14. The summed E-state index contributed by atoms with van der Waals surface area (Å²) in [6, 6.07) is 15.0. The number of halogens is 2. The normalized spacial score (nSPS) is 11.1. The van der Waals surface area contributed by atoms with Crippen LogP contribution in [0.2, 0.25) is 0 Å². The molecule has 1 amide bonds. The van der Waals surface area contributed by atoms with E-state index < -0.39 is 10.8 Å². The van der Waals surface area contributed by atoms with Gasteiger partial charge in [-0.05, 0) is 77.0 Å². The molecule has 9 nitrogen and oxygen atoms in total. The van der Waals surface area contributed by atoms with Crippen molar-refractivity contribution < 1.29 is 28.0 Å². The molecule has 0 saturated carbocycles. The van der Waals surface area contributed by atoms with Gasteiger partial charge in [-0.15, -0.1) is 0 Å². The van der Waals surface area contributed by atoms with Crippen molar-refractivity contribution in [3.63, 3.8) is 0 Å². The summed E-state index contributed by atoms with van der Waals surface area (Å²) < 4.78 is 31.0. The van der Waals surface area contributed by atoms with Crippen molar-refractivity contribution in [2.24, 2.45) is 5.10 Å². The minimum absolute atomic E-state index is 0.0308. The van der Waals surface area contributed by atoms with Crippen molar-refractivity contribution in [1.82, 2.24) is 5.43 Å². The number of nitrogens with zero attached hydrogens (tertiary/aromatic N) is 2. The van der Waals surface area contributed by atoms with Crippen molar-refractivity contribution in [1.29, 1.82) is 0 Å². The Morgan fingerprint density at radius 1 is 1.17 bits per heavy atom. The molecule has 0 atom stereocenters. The van der Waals surface area contributed by atoms with Gasteiger partial charge >= 0.3 is 5.91 Å². The SMILES string of the molecule is CCOc1cc(/C=N/NC(=O)c2cc3cc([N+](=O)[O-])ccc3o2)cc(I)c1OCc1ccc(F)cc1. The summed E-state index contributed by atoms with van der Waals surface area (Å²) in [5.74, 6) is 0.0849. The molecule has 1 N–H and O–H groups in total. The zero-order valence-corrected chi connectivity index (χ0v) is 21.0. The number of amides is 1. The fourth-order valence-corrected chi connectivity index (χ4v) is 4.06. The van der Waals surface area contributed by atoms with Crippen LogP contribution in [0.4, 0.5) is 10.1 Å². The van der Waals surface area contributed by atoms with Crippen LogP contribution in [0.5, 0.6) is 11.5 Å². The monoisotopic (exact) mass is 603 g/mol. The summed E-state index contributed by atoms with van der Waals surface area (Å²) in [7, 11) is 0. The summed E-state index contributed by atoms with van der Waals surface area (Å²) in [5.41, 5.74) is 4.09. The Labute approximate surface area is 218 Å². The number of nitro benzene ring substituents is 1. The lowest BCUT2D eigenvalue weighted by molar-refractivity contribution is -0.384. The summed E-state index contributed by atoms with van der Waals surface area (Å²) in [4.78, 5) is 22.8. The Morgan fingerprint density at radius 2 is 1.94 bits per heavy atom. The van der Waals surface area contributed by atoms with Crippen molar-refractivity contribution in [3.05, 3.63) is 97.1 Å². The number of nitro groups is 1. The number of hydrogen-bond acceptors (Lipinski definition) is 7. The first kappa shape index (κ1) is 25.1. The number of carbonyl (C=O) groups excluding carboxylic acids is 1. The van der Waals surface area contributed by atoms with Gasteiger partial charge in [-0.3, -0.25) is 14.9 Å². The third-order valence-corrected chi connectivity index (χ3v) is 5.74. The molecule has 0 fully saturated rings. The molecule has 0 saturated heterocycles. The maximum absolute atomic E-state index is 13.1. The molecule has 0 aliphatic rings. The third-order valence-electron chi connectivity index (χ3n) is 4.94. The third kappa shape index (κ3) is 5.97. The Morgan fingerprint density at radius 3 is 2.67 bits per heavy atom. The molecule has 4 aromatic rings. The molecular weight excluding hydrogens is 584 g/mol. The second kappa shape index (κ2) is 11.2. The summed E-state index contributed by atoms with van der Waals surface area (Å²) in [5, 5.41) is 15.3. The number of rotatable bonds is 9. The molecular formula is C25H19FIN3O6. The van der Waals surface area contributed by atoms with Crippen molar-refractivity contribution >= 4 is 51.4 Å². The number of benzene rings is 3. The largest absolute Gasteiger partial charge is 0.490 e. The molecule has 0 spiro atoms. The van der Waals surface area contributed by atoms with Crippen molar-refractivity contribution in [2.45, 2.75) is 13.5 Å². The first-order valence-corrected chi connectivity index (χ1v) is 11.8. The van der Waals surface area contributed by atoms with Crippen LogP contribution < -0.4 is 14.9 Å². The van der Waals surface area contributed by atoms with E-state index in [9.17, 15) is 19.3 Å². The Bertz CT molecular complexity index is 1450. The smallest absolute Gasteiger partial charge is 0.307 e. The van der Waals surface area contributed by atoms with E-state index in [1.807, 2.05) is 6.92 Å². The topological polar surface area (TPSA) is 116 Å². The van der Waals surface area contributed by atoms with Gasteiger partial charge < -0.3 is 13.9 Å². The van der Waals surface area contributed by atoms with Crippen LogP contribution in [0, 0.1) is 19.5 Å². The summed E-state index contributed by atoms with van der Waals surface area (Å²) >= 11 is 2.11. The van der Waals surface area contributed by atoms with Gasteiger partial charge in [-0.2, -0.15) is 5.10 Å². The number of hydrogen-bond donors (Lipinski definition) is 1. The molecule has 1 aromatic heterocycles. The molecule has 184 valence electrons. The number of furan rings is 1. The second-order valence-corrected chi connectivity index (χ2v) is 8.63. The molecule has 0 aliphatic carbocycles. The number of nitrogens with one attached hydrogen (secondary N) is 1. The van der Waals surface area contributed by atoms with Crippen LogP contribution in [0.1, 0.15) is 28.6 Å². The predicted octanol–water partition coefficient (Wildman–Crippen LogP) is 5.83. The average molecular weight is 603 g/mol. The molecule has 1 heterocycles. The maximum atomic E-state index is 13.1. The van der Waals surface area contributed by atoms with Crippen LogP contribution in [-0.4, -0.2) is 23.7 Å². The number of ether oxygens (including phenoxy) is 2. The number of hydrazone groups is 1. The number of non-ortho nitro benzene ring substituents is 1. The Hall–Kier alpha value is -4.00. The van der Waals surface area contributed by atoms with E-state index >= 15 is 0 Å². The molecule has 0 bridgehead atoms. The van der Waals surface area contributed by atoms with Crippen molar-refractivity contribution in [3.8, 4) is 11.5 Å².